The first-order valence-electron chi connectivity index (χ1n) is 5.78. The highest BCUT2D eigenvalue weighted by Gasteiger charge is 2.09. The number of fused-ring (bicyclic) bond motifs is 1. The van der Waals surface area contributed by atoms with Crippen molar-refractivity contribution < 1.29 is 9.53 Å². The molecule has 6 heteroatoms. The summed E-state index contributed by atoms with van der Waals surface area (Å²) in [6.45, 7) is 0.743. The maximum atomic E-state index is 11.0. The lowest BCUT2D eigenvalue weighted by molar-refractivity contribution is -0.140. The molecule has 2 aromatic rings. The van der Waals surface area contributed by atoms with Gasteiger partial charge >= 0.3 is 5.97 Å². The van der Waals surface area contributed by atoms with Gasteiger partial charge in [0.2, 0.25) is 0 Å². The summed E-state index contributed by atoms with van der Waals surface area (Å²) in [6.07, 6.45) is 6.42. The average Bonchev–Trinajstić information content (AvgIpc) is 2.86. The van der Waals surface area contributed by atoms with Crippen molar-refractivity contribution >= 4 is 17.3 Å². The van der Waals surface area contributed by atoms with E-state index in [4.69, 9.17) is 0 Å². The molecule has 0 radical (unpaired) electrons. The molecule has 0 fully saturated rings. The first-order valence-corrected chi connectivity index (χ1v) is 5.78. The Hall–Kier alpha value is -2.11. The monoisotopic (exact) mass is 248 g/mol. The zero-order chi connectivity index (χ0) is 13.0. The maximum absolute atomic E-state index is 11.0. The molecule has 96 valence electrons. The van der Waals surface area contributed by atoms with Gasteiger partial charge in [-0.25, -0.2) is 9.50 Å². The number of hydrogen-bond donors (Lipinski definition) is 0. The van der Waals surface area contributed by atoms with Gasteiger partial charge in [-0.2, -0.15) is 5.10 Å². The summed E-state index contributed by atoms with van der Waals surface area (Å²) in [7, 11) is 3.35. The van der Waals surface area contributed by atoms with Crippen LogP contribution in [-0.4, -0.2) is 41.3 Å². The molecule has 0 aromatic carbocycles. The SMILES string of the molecule is COC(=O)CCCN(C)c1nccn2nccc12. The Labute approximate surface area is 105 Å². The number of hydrogen-bond acceptors (Lipinski definition) is 5. The number of ether oxygens (including phenoxy) is 1. The zero-order valence-electron chi connectivity index (χ0n) is 10.5. The van der Waals surface area contributed by atoms with E-state index >= 15 is 0 Å². The van der Waals surface area contributed by atoms with Crippen LogP contribution in [-0.2, 0) is 9.53 Å². The lowest BCUT2D eigenvalue weighted by Crippen LogP contribution is -2.21. The summed E-state index contributed by atoms with van der Waals surface area (Å²) >= 11 is 0. The van der Waals surface area contributed by atoms with Gasteiger partial charge in [-0.1, -0.05) is 0 Å². The smallest absolute Gasteiger partial charge is 0.305 e. The van der Waals surface area contributed by atoms with E-state index in [1.807, 2.05) is 18.0 Å². The number of nitrogens with zero attached hydrogens (tertiary/aromatic N) is 4. The second kappa shape index (κ2) is 5.48. The molecule has 0 spiro atoms. The first-order chi connectivity index (χ1) is 8.72. The summed E-state index contributed by atoms with van der Waals surface area (Å²) in [5.41, 5.74) is 0.957. The highest BCUT2D eigenvalue weighted by molar-refractivity contribution is 5.70. The summed E-state index contributed by atoms with van der Waals surface area (Å²) in [5, 5.41) is 4.16. The van der Waals surface area contributed by atoms with Gasteiger partial charge in [-0.15, -0.1) is 0 Å². The Morgan fingerprint density at radius 2 is 2.33 bits per heavy atom. The largest absolute Gasteiger partial charge is 0.469 e. The molecule has 0 unspecified atom stereocenters. The molecule has 0 saturated carbocycles. The van der Waals surface area contributed by atoms with E-state index in [0.29, 0.717) is 6.42 Å². The average molecular weight is 248 g/mol. The van der Waals surface area contributed by atoms with Crippen molar-refractivity contribution in [3.63, 3.8) is 0 Å². The highest BCUT2D eigenvalue weighted by Crippen LogP contribution is 2.16. The number of aromatic nitrogens is 3. The van der Waals surface area contributed by atoms with Crippen molar-refractivity contribution in [2.75, 3.05) is 25.6 Å². The maximum Gasteiger partial charge on any atom is 0.305 e. The van der Waals surface area contributed by atoms with Gasteiger partial charge in [0.05, 0.1) is 13.3 Å². The molecule has 0 bridgehead atoms. The molecule has 0 amide bonds. The molecule has 0 N–H and O–H groups in total. The van der Waals surface area contributed by atoms with Crippen molar-refractivity contribution in [1.29, 1.82) is 0 Å². The first kappa shape index (κ1) is 12.3. The van der Waals surface area contributed by atoms with E-state index in [-0.39, 0.29) is 5.97 Å². The highest BCUT2D eigenvalue weighted by atomic mass is 16.5. The topological polar surface area (TPSA) is 59.7 Å². The minimum absolute atomic E-state index is 0.182. The Morgan fingerprint density at radius 3 is 3.11 bits per heavy atom. The van der Waals surface area contributed by atoms with E-state index in [1.54, 1.807) is 23.1 Å². The minimum Gasteiger partial charge on any atom is -0.469 e. The molecular weight excluding hydrogens is 232 g/mol. The van der Waals surface area contributed by atoms with Crippen LogP contribution < -0.4 is 4.90 Å². The third-order valence-electron chi connectivity index (χ3n) is 2.77. The van der Waals surface area contributed by atoms with Crippen molar-refractivity contribution in [3.05, 3.63) is 24.7 Å². The fraction of sp³-hybridized carbons (Fsp3) is 0.417. The van der Waals surface area contributed by atoms with Crippen LogP contribution in [0.25, 0.3) is 5.52 Å². The Bertz CT molecular complexity index is 538. The van der Waals surface area contributed by atoms with Crippen molar-refractivity contribution in [3.8, 4) is 0 Å². The van der Waals surface area contributed by atoms with Gasteiger partial charge in [-0.05, 0) is 12.5 Å². The summed E-state index contributed by atoms with van der Waals surface area (Å²) in [5.74, 6) is 0.679. The van der Waals surface area contributed by atoms with Crippen molar-refractivity contribution in [2.24, 2.45) is 0 Å². The number of carbonyl (C=O) groups excluding carboxylic acids is 1. The van der Waals surface area contributed by atoms with Gasteiger partial charge < -0.3 is 9.64 Å². The van der Waals surface area contributed by atoms with Gasteiger partial charge in [0.25, 0.3) is 0 Å². The fourth-order valence-corrected chi connectivity index (χ4v) is 1.81. The zero-order valence-corrected chi connectivity index (χ0v) is 10.5. The van der Waals surface area contributed by atoms with E-state index in [0.717, 1.165) is 24.3 Å². The molecule has 0 atom stereocenters. The molecule has 0 aliphatic carbocycles. The molecule has 2 rings (SSSR count). The normalized spacial score (nSPS) is 10.6. The predicted octanol–water partition coefficient (Wildman–Crippen LogP) is 1.12. The third kappa shape index (κ3) is 2.58. The van der Waals surface area contributed by atoms with Gasteiger partial charge in [0.1, 0.15) is 5.52 Å². The molecule has 6 nitrogen and oxygen atoms in total. The van der Waals surface area contributed by atoms with E-state index in [9.17, 15) is 4.79 Å². The van der Waals surface area contributed by atoms with Crippen LogP contribution in [0.4, 0.5) is 5.82 Å². The summed E-state index contributed by atoms with van der Waals surface area (Å²) < 4.78 is 6.39. The number of esters is 1. The number of methoxy groups -OCH3 is 1. The second-order valence-corrected chi connectivity index (χ2v) is 4.01. The summed E-state index contributed by atoms with van der Waals surface area (Å²) in [4.78, 5) is 17.4. The van der Waals surface area contributed by atoms with Gasteiger partial charge in [-0.3, -0.25) is 4.79 Å². The summed E-state index contributed by atoms with van der Waals surface area (Å²) in [6, 6.07) is 1.92. The van der Waals surface area contributed by atoms with Crippen LogP contribution in [0.15, 0.2) is 24.7 Å². The van der Waals surface area contributed by atoms with E-state index < -0.39 is 0 Å². The molecule has 0 saturated heterocycles. The number of anilines is 1. The van der Waals surface area contributed by atoms with E-state index in [2.05, 4.69) is 14.8 Å². The van der Waals surface area contributed by atoms with Crippen LogP contribution in [0.1, 0.15) is 12.8 Å². The van der Waals surface area contributed by atoms with E-state index in [1.165, 1.54) is 7.11 Å². The Kier molecular flexibility index (Phi) is 3.76. The fourth-order valence-electron chi connectivity index (χ4n) is 1.81. The quantitative estimate of drug-likeness (QED) is 0.742. The minimum atomic E-state index is -0.182. The Balaban J connectivity index is 2.02. The van der Waals surface area contributed by atoms with Crippen LogP contribution in [0.5, 0.6) is 0 Å². The predicted molar refractivity (Wildman–Crippen MR) is 67.5 cm³/mol. The molecule has 2 heterocycles. The lowest BCUT2D eigenvalue weighted by atomic mass is 10.3. The third-order valence-corrected chi connectivity index (χ3v) is 2.77. The number of carbonyl (C=O) groups is 1. The van der Waals surface area contributed by atoms with Gasteiger partial charge in [0.15, 0.2) is 5.82 Å². The molecule has 18 heavy (non-hydrogen) atoms. The van der Waals surface area contributed by atoms with Crippen LogP contribution in [0.2, 0.25) is 0 Å². The van der Waals surface area contributed by atoms with Gasteiger partial charge in [0, 0.05) is 32.4 Å². The molecule has 2 aromatic heterocycles. The van der Waals surface area contributed by atoms with Crippen LogP contribution in [0, 0.1) is 0 Å². The molecule has 0 aliphatic heterocycles. The van der Waals surface area contributed by atoms with Crippen LogP contribution >= 0.6 is 0 Å². The van der Waals surface area contributed by atoms with Crippen molar-refractivity contribution in [2.45, 2.75) is 12.8 Å². The molecule has 0 aliphatic rings. The molecular formula is C12H16N4O2. The lowest BCUT2D eigenvalue weighted by Gasteiger charge is -2.18. The number of rotatable bonds is 5. The standard InChI is InChI=1S/C12H16N4O2/c1-15(8-3-4-11(17)18-2)12-10-5-6-14-16(10)9-7-13-12/h5-7,9H,3-4,8H2,1-2H3. The van der Waals surface area contributed by atoms with Crippen molar-refractivity contribution in [1.82, 2.24) is 14.6 Å². The van der Waals surface area contributed by atoms with Crippen LogP contribution in [0.3, 0.4) is 0 Å². The Morgan fingerprint density at radius 1 is 1.50 bits per heavy atom. The second-order valence-electron chi connectivity index (χ2n) is 4.01.